The lowest BCUT2D eigenvalue weighted by Gasteiger charge is -2.34. The molecule has 0 spiro atoms. The predicted molar refractivity (Wildman–Crippen MR) is 75.9 cm³/mol. The van der Waals surface area contributed by atoms with E-state index >= 15 is 0 Å². The highest BCUT2D eigenvalue weighted by Gasteiger charge is 2.37. The molecule has 1 aromatic rings. The van der Waals surface area contributed by atoms with Gasteiger partial charge in [0.15, 0.2) is 0 Å². The first-order valence-corrected chi connectivity index (χ1v) is 7.09. The zero-order chi connectivity index (χ0) is 13.0. The Labute approximate surface area is 111 Å². The normalized spacial score (nSPS) is 19.7. The maximum absolute atomic E-state index is 6.50. The molecule has 1 saturated carbocycles. The SMILES string of the molecule is CCC1(C(N)Cc2ccc(OC)cc2)CCCC1. The van der Waals surface area contributed by atoms with E-state index in [9.17, 15) is 0 Å². The number of nitrogens with two attached hydrogens (primary N) is 1. The smallest absolute Gasteiger partial charge is 0.118 e. The molecule has 0 aliphatic heterocycles. The Bertz CT molecular complexity index is 365. The second-order valence-corrected chi connectivity index (χ2v) is 5.58. The molecule has 1 unspecified atom stereocenters. The number of benzene rings is 1. The third-order valence-electron chi connectivity index (χ3n) is 4.70. The van der Waals surface area contributed by atoms with Crippen molar-refractivity contribution in [2.75, 3.05) is 7.11 Å². The lowest BCUT2D eigenvalue weighted by Crippen LogP contribution is -2.41. The minimum absolute atomic E-state index is 0.290. The van der Waals surface area contributed by atoms with E-state index in [0.717, 1.165) is 12.2 Å². The van der Waals surface area contributed by atoms with Crippen molar-refractivity contribution in [3.8, 4) is 5.75 Å². The van der Waals surface area contributed by atoms with Crippen molar-refractivity contribution in [2.45, 2.75) is 51.5 Å². The van der Waals surface area contributed by atoms with Crippen molar-refractivity contribution in [1.29, 1.82) is 0 Å². The monoisotopic (exact) mass is 247 g/mol. The Hall–Kier alpha value is -1.02. The minimum atomic E-state index is 0.290. The van der Waals surface area contributed by atoms with Crippen molar-refractivity contribution in [3.63, 3.8) is 0 Å². The number of rotatable bonds is 5. The molecule has 2 N–H and O–H groups in total. The van der Waals surface area contributed by atoms with Crippen LogP contribution >= 0.6 is 0 Å². The molecule has 2 nitrogen and oxygen atoms in total. The van der Waals surface area contributed by atoms with Crippen LogP contribution in [0.25, 0.3) is 0 Å². The molecule has 0 bridgehead atoms. The average molecular weight is 247 g/mol. The van der Waals surface area contributed by atoms with Gasteiger partial charge in [-0.05, 0) is 48.8 Å². The lowest BCUT2D eigenvalue weighted by molar-refractivity contribution is 0.219. The van der Waals surface area contributed by atoms with Gasteiger partial charge in [-0.3, -0.25) is 0 Å². The van der Waals surface area contributed by atoms with Gasteiger partial charge in [-0.1, -0.05) is 31.9 Å². The van der Waals surface area contributed by atoms with Gasteiger partial charge >= 0.3 is 0 Å². The molecule has 18 heavy (non-hydrogen) atoms. The lowest BCUT2D eigenvalue weighted by atomic mass is 9.74. The first-order valence-electron chi connectivity index (χ1n) is 7.09. The Balaban J connectivity index is 2.03. The molecular formula is C16H25NO. The first kappa shape index (κ1) is 13.4. The fraction of sp³-hybridized carbons (Fsp3) is 0.625. The summed E-state index contributed by atoms with van der Waals surface area (Å²) in [7, 11) is 1.70. The molecule has 0 aromatic heterocycles. The topological polar surface area (TPSA) is 35.2 Å². The summed E-state index contributed by atoms with van der Waals surface area (Å²) in [5, 5.41) is 0. The summed E-state index contributed by atoms with van der Waals surface area (Å²) in [6.07, 6.45) is 7.51. The van der Waals surface area contributed by atoms with Gasteiger partial charge in [-0.25, -0.2) is 0 Å². The summed E-state index contributed by atoms with van der Waals surface area (Å²) in [4.78, 5) is 0. The van der Waals surface area contributed by atoms with Crippen LogP contribution in [0.5, 0.6) is 5.75 Å². The maximum atomic E-state index is 6.50. The molecule has 0 saturated heterocycles. The van der Waals surface area contributed by atoms with Gasteiger partial charge in [0.05, 0.1) is 7.11 Å². The van der Waals surface area contributed by atoms with Gasteiger partial charge in [0.2, 0.25) is 0 Å². The summed E-state index contributed by atoms with van der Waals surface area (Å²) in [5.74, 6) is 0.915. The Morgan fingerprint density at radius 3 is 2.33 bits per heavy atom. The van der Waals surface area contributed by atoms with Crippen LogP contribution in [0, 0.1) is 5.41 Å². The Morgan fingerprint density at radius 1 is 1.22 bits per heavy atom. The van der Waals surface area contributed by atoms with Gasteiger partial charge in [0.25, 0.3) is 0 Å². The van der Waals surface area contributed by atoms with E-state index in [-0.39, 0.29) is 0 Å². The van der Waals surface area contributed by atoms with E-state index in [4.69, 9.17) is 10.5 Å². The van der Waals surface area contributed by atoms with Crippen LogP contribution in [-0.4, -0.2) is 13.2 Å². The zero-order valence-corrected chi connectivity index (χ0v) is 11.6. The minimum Gasteiger partial charge on any atom is -0.497 e. The third kappa shape index (κ3) is 2.69. The van der Waals surface area contributed by atoms with Crippen molar-refractivity contribution < 1.29 is 4.74 Å². The molecule has 2 heteroatoms. The van der Waals surface area contributed by atoms with Gasteiger partial charge in [0.1, 0.15) is 5.75 Å². The van der Waals surface area contributed by atoms with Gasteiger partial charge in [-0.2, -0.15) is 0 Å². The highest BCUT2D eigenvalue weighted by atomic mass is 16.5. The molecule has 0 heterocycles. The van der Waals surface area contributed by atoms with E-state index in [1.54, 1.807) is 7.11 Å². The van der Waals surface area contributed by atoms with Crippen LogP contribution < -0.4 is 10.5 Å². The summed E-state index contributed by atoms with van der Waals surface area (Å²) in [5.41, 5.74) is 8.21. The molecule has 2 rings (SSSR count). The average Bonchev–Trinajstić information content (AvgIpc) is 2.89. The fourth-order valence-electron chi connectivity index (χ4n) is 3.30. The highest BCUT2D eigenvalue weighted by Crippen LogP contribution is 2.43. The second kappa shape index (κ2) is 5.75. The summed E-state index contributed by atoms with van der Waals surface area (Å²) >= 11 is 0. The first-order chi connectivity index (χ1) is 8.70. The molecule has 100 valence electrons. The van der Waals surface area contributed by atoms with Crippen molar-refractivity contribution in [2.24, 2.45) is 11.1 Å². The van der Waals surface area contributed by atoms with Crippen LogP contribution in [0.3, 0.4) is 0 Å². The summed E-state index contributed by atoms with van der Waals surface area (Å²) in [6, 6.07) is 8.61. The molecule has 1 fully saturated rings. The number of ether oxygens (including phenoxy) is 1. The molecule has 0 radical (unpaired) electrons. The Morgan fingerprint density at radius 2 is 1.83 bits per heavy atom. The predicted octanol–water partition coefficient (Wildman–Crippen LogP) is 3.54. The Kier molecular flexibility index (Phi) is 4.28. The number of methoxy groups -OCH3 is 1. The number of hydrogen-bond acceptors (Lipinski definition) is 2. The molecule has 1 aliphatic carbocycles. The van der Waals surface area contributed by atoms with Gasteiger partial charge in [-0.15, -0.1) is 0 Å². The molecule has 1 aliphatic rings. The molecule has 1 aromatic carbocycles. The zero-order valence-electron chi connectivity index (χ0n) is 11.6. The molecule has 1 atom stereocenters. The third-order valence-corrected chi connectivity index (χ3v) is 4.70. The van der Waals surface area contributed by atoms with E-state index in [0.29, 0.717) is 11.5 Å². The molecule has 0 amide bonds. The largest absolute Gasteiger partial charge is 0.497 e. The maximum Gasteiger partial charge on any atom is 0.118 e. The quantitative estimate of drug-likeness (QED) is 0.863. The molecular weight excluding hydrogens is 222 g/mol. The van der Waals surface area contributed by atoms with Crippen molar-refractivity contribution in [3.05, 3.63) is 29.8 Å². The van der Waals surface area contributed by atoms with Gasteiger partial charge < -0.3 is 10.5 Å². The van der Waals surface area contributed by atoms with E-state index in [2.05, 4.69) is 19.1 Å². The summed E-state index contributed by atoms with van der Waals surface area (Å²) < 4.78 is 5.18. The van der Waals surface area contributed by atoms with Crippen LogP contribution in [0.2, 0.25) is 0 Å². The van der Waals surface area contributed by atoms with Crippen LogP contribution in [0.1, 0.15) is 44.6 Å². The van der Waals surface area contributed by atoms with E-state index in [1.165, 1.54) is 37.7 Å². The highest BCUT2D eigenvalue weighted by molar-refractivity contribution is 5.28. The van der Waals surface area contributed by atoms with Crippen LogP contribution in [-0.2, 0) is 6.42 Å². The number of hydrogen-bond donors (Lipinski definition) is 1. The fourth-order valence-corrected chi connectivity index (χ4v) is 3.30. The summed E-state index contributed by atoms with van der Waals surface area (Å²) in [6.45, 7) is 2.29. The van der Waals surface area contributed by atoms with E-state index < -0.39 is 0 Å². The van der Waals surface area contributed by atoms with Gasteiger partial charge in [0, 0.05) is 6.04 Å². The van der Waals surface area contributed by atoms with Crippen LogP contribution in [0.4, 0.5) is 0 Å². The standard InChI is InChI=1S/C16H25NO/c1-3-16(10-4-5-11-16)15(17)12-13-6-8-14(18-2)9-7-13/h6-9,15H,3-5,10-12,17H2,1-2H3. The van der Waals surface area contributed by atoms with Crippen LogP contribution in [0.15, 0.2) is 24.3 Å². The van der Waals surface area contributed by atoms with Crippen molar-refractivity contribution in [1.82, 2.24) is 0 Å². The van der Waals surface area contributed by atoms with Crippen molar-refractivity contribution >= 4 is 0 Å². The second-order valence-electron chi connectivity index (χ2n) is 5.58. The van der Waals surface area contributed by atoms with E-state index in [1.807, 2.05) is 12.1 Å².